The van der Waals surface area contributed by atoms with Crippen LogP contribution in [0.3, 0.4) is 0 Å². The molecule has 194 valence electrons. The summed E-state index contributed by atoms with van der Waals surface area (Å²) in [5.74, 6) is 0.269. The Morgan fingerprint density at radius 1 is 0.816 bits per heavy atom. The number of ether oxygens (including phenoxy) is 4. The van der Waals surface area contributed by atoms with E-state index in [-0.39, 0.29) is 23.5 Å². The molecule has 3 aromatic rings. The van der Waals surface area contributed by atoms with Crippen LogP contribution in [0.5, 0.6) is 23.0 Å². The molecule has 0 spiro atoms. The maximum atomic E-state index is 13.5. The Kier molecular flexibility index (Phi) is 5.56. The minimum atomic E-state index is -0.864. The van der Waals surface area contributed by atoms with E-state index in [2.05, 4.69) is 20.8 Å². The first-order chi connectivity index (χ1) is 18.2. The smallest absolute Gasteiger partial charge is 0.300 e. The molecule has 8 nitrogen and oxygen atoms in total. The van der Waals surface area contributed by atoms with E-state index < -0.39 is 17.7 Å². The number of benzene rings is 3. The van der Waals surface area contributed by atoms with E-state index in [9.17, 15) is 14.7 Å². The molecule has 1 fully saturated rings. The van der Waals surface area contributed by atoms with Gasteiger partial charge >= 0.3 is 0 Å². The Labute approximate surface area is 220 Å². The summed E-state index contributed by atoms with van der Waals surface area (Å²) in [5.41, 5.74) is 2.52. The third-order valence-corrected chi connectivity index (χ3v) is 6.99. The zero-order chi connectivity index (χ0) is 26.6. The molecule has 0 aliphatic carbocycles. The minimum absolute atomic E-state index is 0.00716. The van der Waals surface area contributed by atoms with Gasteiger partial charge in [0.2, 0.25) is 6.79 Å². The van der Waals surface area contributed by atoms with Gasteiger partial charge in [0.05, 0.1) is 11.6 Å². The molecule has 6 rings (SSSR count). The van der Waals surface area contributed by atoms with Gasteiger partial charge in [0.1, 0.15) is 19.0 Å². The monoisotopic (exact) mass is 513 g/mol. The normalized spacial score (nSPS) is 19.7. The van der Waals surface area contributed by atoms with Crippen molar-refractivity contribution in [3.8, 4) is 23.0 Å². The lowest BCUT2D eigenvalue weighted by Gasteiger charge is -2.28. The average Bonchev–Trinajstić information content (AvgIpc) is 3.49. The van der Waals surface area contributed by atoms with Gasteiger partial charge in [0, 0.05) is 17.3 Å². The van der Waals surface area contributed by atoms with Crippen molar-refractivity contribution in [2.45, 2.75) is 32.2 Å². The summed E-state index contributed by atoms with van der Waals surface area (Å²) in [4.78, 5) is 28.5. The number of rotatable bonds is 3. The summed E-state index contributed by atoms with van der Waals surface area (Å²) >= 11 is 0. The fourth-order valence-corrected chi connectivity index (χ4v) is 4.96. The van der Waals surface area contributed by atoms with Crippen LogP contribution < -0.4 is 23.8 Å². The standard InChI is InChI=1S/C30H27NO7/c1-30(2,3)19-7-4-17(5-8-19)26-25(27(32)18-6-10-22-23(14-18)38-16-37-22)28(33)29(34)31(26)20-9-11-21-24(15-20)36-13-12-35-21/h4-11,14-15,26,32H,12-13,16H2,1-3H3/b27-25+. The Balaban J connectivity index is 1.51. The van der Waals surface area contributed by atoms with E-state index in [1.165, 1.54) is 4.90 Å². The third-order valence-electron chi connectivity index (χ3n) is 6.99. The van der Waals surface area contributed by atoms with Crippen molar-refractivity contribution < 1.29 is 33.6 Å². The average molecular weight is 514 g/mol. The van der Waals surface area contributed by atoms with Crippen LogP contribution in [0.15, 0.2) is 66.2 Å². The molecule has 1 atom stereocenters. The van der Waals surface area contributed by atoms with Gasteiger partial charge in [-0.15, -0.1) is 0 Å². The molecule has 1 N–H and O–H groups in total. The number of hydrogen-bond donors (Lipinski definition) is 1. The SMILES string of the molecule is CC(C)(C)c1ccc(C2/C(=C(\O)c3ccc4c(c3)OCO4)C(=O)C(=O)N2c2ccc3c(c2)OCCO3)cc1. The molecule has 1 saturated heterocycles. The summed E-state index contributed by atoms with van der Waals surface area (Å²) in [6.07, 6.45) is 0. The van der Waals surface area contributed by atoms with Gasteiger partial charge < -0.3 is 24.1 Å². The number of Topliss-reactive ketones (excluding diaryl/α,β-unsaturated/α-hetero) is 1. The van der Waals surface area contributed by atoms with Gasteiger partial charge in [-0.2, -0.15) is 0 Å². The topological polar surface area (TPSA) is 94.5 Å². The number of carbonyl (C=O) groups excluding carboxylic acids is 2. The Morgan fingerprint density at radius 2 is 1.45 bits per heavy atom. The van der Waals surface area contributed by atoms with Crippen LogP contribution in [-0.4, -0.2) is 36.8 Å². The van der Waals surface area contributed by atoms with Crippen LogP contribution in [-0.2, 0) is 15.0 Å². The largest absolute Gasteiger partial charge is 0.507 e. The van der Waals surface area contributed by atoms with Gasteiger partial charge in [-0.1, -0.05) is 45.0 Å². The van der Waals surface area contributed by atoms with E-state index in [0.29, 0.717) is 53.0 Å². The van der Waals surface area contributed by atoms with Crippen LogP contribution >= 0.6 is 0 Å². The summed E-state index contributed by atoms with van der Waals surface area (Å²) in [7, 11) is 0. The maximum Gasteiger partial charge on any atom is 0.300 e. The molecule has 1 unspecified atom stereocenters. The first-order valence-electron chi connectivity index (χ1n) is 12.4. The highest BCUT2D eigenvalue weighted by Gasteiger charge is 2.47. The van der Waals surface area contributed by atoms with E-state index >= 15 is 0 Å². The number of carbonyl (C=O) groups is 2. The molecule has 38 heavy (non-hydrogen) atoms. The second kappa shape index (κ2) is 8.83. The van der Waals surface area contributed by atoms with Crippen molar-refractivity contribution in [3.63, 3.8) is 0 Å². The van der Waals surface area contributed by atoms with Gasteiger partial charge in [-0.3, -0.25) is 14.5 Å². The number of aliphatic hydroxyl groups is 1. The summed E-state index contributed by atoms with van der Waals surface area (Å²) in [5, 5.41) is 11.5. The van der Waals surface area contributed by atoms with Crippen molar-refractivity contribution >= 4 is 23.1 Å². The quantitative estimate of drug-likeness (QED) is 0.295. The number of amides is 1. The van der Waals surface area contributed by atoms with Crippen LogP contribution in [0.1, 0.15) is 43.5 Å². The Bertz CT molecular complexity index is 1480. The minimum Gasteiger partial charge on any atom is -0.507 e. The zero-order valence-corrected chi connectivity index (χ0v) is 21.3. The highest BCUT2D eigenvalue weighted by atomic mass is 16.7. The second-order valence-corrected chi connectivity index (χ2v) is 10.4. The summed E-state index contributed by atoms with van der Waals surface area (Å²) in [6.45, 7) is 7.24. The molecule has 0 radical (unpaired) electrons. The molecule has 0 aromatic heterocycles. The summed E-state index contributed by atoms with van der Waals surface area (Å²) in [6, 6.07) is 16.9. The number of aliphatic hydroxyl groups excluding tert-OH is 1. The maximum absolute atomic E-state index is 13.5. The third kappa shape index (κ3) is 3.93. The number of nitrogens with zero attached hydrogens (tertiary/aromatic N) is 1. The fraction of sp³-hybridized carbons (Fsp3) is 0.267. The first-order valence-corrected chi connectivity index (χ1v) is 12.4. The number of hydrogen-bond acceptors (Lipinski definition) is 7. The molecule has 3 aromatic carbocycles. The van der Waals surface area contributed by atoms with Gasteiger partial charge in [-0.25, -0.2) is 0 Å². The first kappa shape index (κ1) is 23.9. The molecule has 8 heteroatoms. The van der Waals surface area contributed by atoms with E-state index in [4.69, 9.17) is 18.9 Å². The molecular weight excluding hydrogens is 486 g/mol. The van der Waals surface area contributed by atoms with Crippen molar-refractivity contribution in [1.29, 1.82) is 0 Å². The highest BCUT2D eigenvalue weighted by molar-refractivity contribution is 6.51. The van der Waals surface area contributed by atoms with Crippen LogP contribution in [0, 0.1) is 0 Å². The predicted molar refractivity (Wildman–Crippen MR) is 140 cm³/mol. The zero-order valence-electron chi connectivity index (χ0n) is 21.3. The van der Waals surface area contributed by atoms with Gasteiger partial charge in [0.15, 0.2) is 23.0 Å². The van der Waals surface area contributed by atoms with E-state index in [1.807, 2.05) is 24.3 Å². The lowest BCUT2D eigenvalue weighted by molar-refractivity contribution is -0.132. The Morgan fingerprint density at radius 3 is 2.18 bits per heavy atom. The second-order valence-electron chi connectivity index (χ2n) is 10.4. The van der Waals surface area contributed by atoms with E-state index in [0.717, 1.165) is 5.56 Å². The van der Waals surface area contributed by atoms with Gasteiger partial charge in [-0.05, 0) is 46.9 Å². The molecule has 1 amide bonds. The highest BCUT2D eigenvalue weighted by Crippen LogP contribution is 2.45. The number of ketones is 1. The van der Waals surface area contributed by atoms with Gasteiger partial charge in [0.25, 0.3) is 11.7 Å². The fourth-order valence-electron chi connectivity index (χ4n) is 4.96. The van der Waals surface area contributed by atoms with E-state index in [1.54, 1.807) is 36.4 Å². The molecule has 3 aliphatic heterocycles. The molecule has 3 heterocycles. The van der Waals surface area contributed by atoms with Crippen molar-refractivity contribution in [3.05, 3.63) is 82.9 Å². The van der Waals surface area contributed by atoms with Crippen LogP contribution in [0.25, 0.3) is 5.76 Å². The summed E-state index contributed by atoms with van der Waals surface area (Å²) < 4.78 is 22.2. The van der Waals surface area contributed by atoms with Crippen molar-refractivity contribution in [2.24, 2.45) is 0 Å². The molecule has 3 aliphatic rings. The molecule has 0 bridgehead atoms. The number of anilines is 1. The molecule has 0 saturated carbocycles. The van der Waals surface area contributed by atoms with Crippen LogP contribution in [0.4, 0.5) is 5.69 Å². The Hall–Kier alpha value is -4.46. The predicted octanol–water partition coefficient (Wildman–Crippen LogP) is 5.11. The number of fused-ring (bicyclic) bond motifs is 2. The van der Waals surface area contributed by atoms with Crippen molar-refractivity contribution in [1.82, 2.24) is 0 Å². The lowest BCUT2D eigenvalue weighted by Crippen LogP contribution is -2.29. The van der Waals surface area contributed by atoms with Crippen molar-refractivity contribution in [2.75, 3.05) is 24.9 Å². The van der Waals surface area contributed by atoms with Crippen LogP contribution in [0.2, 0.25) is 0 Å². The molecular formula is C30H27NO7. The lowest BCUT2D eigenvalue weighted by atomic mass is 9.85.